The van der Waals surface area contributed by atoms with E-state index < -0.39 is 0 Å². The van der Waals surface area contributed by atoms with E-state index >= 15 is 0 Å². The molecule has 15 heavy (non-hydrogen) atoms. The van der Waals surface area contributed by atoms with Crippen molar-refractivity contribution in [3.05, 3.63) is 18.0 Å². The molecule has 0 saturated heterocycles. The van der Waals surface area contributed by atoms with Gasteiger partial charge in [0.1, 0.15) is 0 Å². The number of aliphatic hydroxyl groups excluding tert-OH is 1. The standard InChI is InChI=1S/C12H22N2O/c1-10(2)12(15)7-5-4-6-11-8-13-14(3)9-11/h8-10,12,15H,4-7H2,1-3H3. The predicted molar refractivity (Wildman–Crippen MR) is 61.6 cm³/mol. The highest BCUT2D eigenvalue weighted by Gasteiger charge is 2.08. The number of hydrogen-bond donors (Lipinski definition) is 1. The van der Waals surface area contributed by atoms with Gasteiger partial charge in [-0.2, -0.15) is 5.10 Å². The number of rotatable bonds is 6. The zero-order valence-electron chi connectivity index (χ0n) is 9.98. The lowest BCUT2D eigenvalue weighted by molar-refractivity contribution is 0.113. The molecule has 0 aliphatic rings. The number of unbranched alkanes of at least 4 members (excludes halogenated alkanes) is 1. The van der Waals surface area contributed by atoms with Gasteiger partial charge in [-0.05, 0) is 30.7 Å². The van der Waals surface area contributed by atoms with E-state index in [1.165, 1.54) is 5.56 Å². The van der Waals surface area contributed by atoms with Gasteiger partial charge < -0.3 is 5.11 Å². The largest absolute Gasteiger partial charge is 0.393 e. The molecule has 1 aromatic rings. The minimum atomic E-state index is -0.140. The maximum absolute atomic E-state index is 9.61. The molecule has 3 nitrogen and oxygen atoms in total. The van der Waals surface area contributed by atoms with Gasteiger partial charge in [0.2, 0.25) is 0 Å². The van der Waals surface area contributed by atoms with E-state index in [2.05, 4.69) is 25.1 Å². The Morgan fingerprint density at radius 2 is 2.13 bits per heavy atom. The van der Waals surface area contributed by atoms with Crippen LogP contribution in [0.3, 0.4) is 0 Å². The van der Waals surface area contributed by atoms with Crippen LogP contribution in [0.5, 0.6) is 0 Å². The van der Waals surface area contributed by atoms with Crippen LogP contribution < -0.4 is 0 Å². The summed E-state index contributed by atoms with van der Waals surface area (Å²) in [4.78, 5) is 0. The van der Waals surface area contributed by atoms with E-state index in [0.29, 0.717) is 5.92 Å². The van der Waals surface area contributed by atoms with Crippen LogP contribution in [-0.2, 0) is 13.5 Å². The summed E-state index contributed by atoms with van der Waals surface area (Å²) in [5, 5.41) is 13.7. The lowest BCUT2D eigenvalue weighted by Gasteiger charge is -2.13. The molecular formula is C12H22N2O. The monoisotopic (exact) mass is 210 g/mol. The van der Waals surface area contributed by atoms with Crippen molar-refractivity contribution < 1.29 is 5.11 Å². The Kier molecular flexibility index (Phi) is 4.82. The summed E-state index contributed by atoms with van der Waals surface area (Å²) in [5.74, 6) is 0.378. The van der Waals surface area contributed by atoms with E-state index in [1.807, 2.05) is 17.9 Å². The summed E-state index contributed by atoms with van der Waals surface area (Å²) in [5.41, 5.74) is 1.29. The summed E-state index contributed by atoms with van der Waals surface area (Å²) < 4.78 is 1.83. The van der Waals surface area contributed by atoms with Gasteiger partial charge in [-0.15, -0.1) is 0 Å². The molecule has 1 heterocycles. The van der Waals surface area contributed by atoms with Crippen LogP contribution in [0, 0.1) is 5.92 Å². The third-order valence-corrected chi connectivity index (χ3v) is 2.74. The molecule has 1 N–H and O–H groups in total. The van der Waals surface area contributed by atoms with Crippen molar-refractivity contribution in [2.45, 2.75) is 45.6 Å². The quantitative estimate of drug-likeness (QED) is 0.731. The molecule has 0 aliphatic heterocycles. The molecule has 0 bridgehead atoms. The Labute approximate surface area is 92.1 Å². The van der Waals surface area contributed by atoms with E-state index in [1.54, 1.807) is 0 Å². The molecule has 0 aromatic carbocycles. The fourth-order valence-corrected chi connectivity index (χ4v) is 1.62. The van der Waals surface area contributed by atoms with Crippen LogP contribution >= 0.6 is 0 Å². The first kappa shape index (κ1) is 12.2. The maximum Gasteiger partial charge on any atom is 0.0563 e. The fraction of sp³-hybridized carbons (Fsp3) is 0.750. The second-order valence-corrected chi connectivity index (χ2v) is 4.58. The van der Waals surface area contributed by atoms with Crippen molar-refractivity contribution in [3.63, 3.8) is 0 Å². The summed E-state index contributed by atoms with van der Waals surface area (Å²) in [7, 11) is 1.94. The average molecular weight is 210 g/mol. The maximum atomic E-state index is 9.61. The highest BCUT2D eigenvalue weighted by Crippen LogP contribution is 2.11. The van der Waals surface area contributed by atoms with Crippen molar-refractivity contribution >= 4 is 0 Å². The van der Waals surface area contributed by atoms with Gasteiger partial charge in [0.25, 0.3) is 0 Å². The fourth-order valence-electron chi connectivity index (χ4n) is 1.62. The van der Waals surface area contributed by atoms with Crippen LogP contribution in [-0.4, -0.2) is 21.0 Å². The highest BCUT2D eigenvalue weighted by molar-refractivity contribution is 5.03. The van der Waals surface area contributed by atoms with E-state index in [-0.39, 0.29) is 6.10 Å². The number of aliphatic hydroxyl groups is 1. The Hall–Kier alpha value is -0.830. The summed E-state index contributed by atoms with van der Waals surface area (Å²) in [6.45, 7) is 4.12. The molecule has 86 valence electrons. The van der Waals surface area contributed by atoms with E-state index in [9.17, 15) is 5.11 Å². The highest BCUT2D eigenvalue weighted by atomic mass is 16.3. The van der Waals surface area contributed by atoms with Gasteiger partial charge in [0, 0.05) is 13.2 Å². The third kappa shape index (κ3) is 4.47. The molecule has 3 heteroatoms. The lowest BCUT2D eigenvalue weighted by atomic mass is 10.0. The van der Waals surface area contributed by atoms with Gasteiger partial charge in [-0.1, -0.05) is 20.3 Å². The lowest BCUT2D eigenvalue weighted by Crippen LogP contribution is -2.14. The number of aryl methyl sites for hydroxylation is 2. The summed E-state index contributed by atoms with van der Waals surface area (Å²) >= 11 is 0. The van der Waals surface area contributed by atoms with Crippen molar-refractivity contribution in [1.29, 1.82) is 0 Å². The summed E-state index contributed by atoms with van der Waals surface area (Å²) in [6, 6.07) is 0. The molecule has 1 atom stereocenters. The van der Waals surface area contributed by atoms with Crippen LogP contribution in [0.2, 0.25) is 0 Å². The minimum Gasteiger partial charge on any atom is -0.393 e. The smallest absolute Gasteiger partial charge is 0.0563 e. The third-order valence-electron chi connectivity index (χ3n) is 2.74. The normalized spacial score (nSPS) is 13.4. The van der Waals surface area contributed by atoms with Crippen molar-refractivity contribution in [1.82, 2.24) is 9.78 Å². The Balaban J connectivity index is 2.12. The molecule has 0 radical (unpaired) electrons. The molecular weight excluding hydrogens is 188 g/mol. The first-order valence-electron chi connectivity index (χ1n) is 5.75. The van der Waals surface area contributed by atoms with Crippen LogP contribution in [0.4, 0.5) is 0 Å². The first-order valence-corrected chi connectivity index (χ1v) is 5.75. The zero-order valence-corrected chi connectivity index (χ0v) is 9.98. The number of hydrogen-bond acceptors (Lipinski definition) is 2. The summed E-state index contributed by atoms with van der Waals surface area (Å²) in [6.07, 6.45) is 8.04. The second-order valence-electron chi connectivity index (χ2n) is 4.58. The Morgan fingerprint density at radius 1 is 1.40 bits per heavy atom. The molecule has 0 fully saturated rings. The van der Waals surface area contributed by atoms with Crippen LogP contribution in [0.25, 0.3) is 0 Å². The molecule has 1 aromatic heterocycles. The van der Waals surface area contributed by atoms with Gasteiger partial charge in [-0.25, -0.2) is 0 Å². The van der Waals surface area contributed by atoms with Gasteiger partial charge in [-0.3, -0.25) is 4.68 Å². The molecule has 0 spiro atoms. The predicted octanol–water partition coefficient (Wildman–Crippen LogP) is 2.15. The first-order chi connectivity index (χ1) is 7.09. The van der Waals surface area contributed by atoms with Crippen molar-refractivity contribution in [2.75, 3.05) is 0 Å². The number of aromatic nitrogens is 2. The topological polar surface area (TPSA) is 38.1 Å². The Morgan fingerprint density at radius 3 is 2.67 bits per heavy atom. The van der Waals surface area contributed by atoms with Gasteiger partial charge in [0.05, 0.1) is 12.3 Å². The molecule has 0 amide bonds. The van der Waals surface area contributed by atoms with Crippen LogP contribution in [0.15, 0.2) is 12.4 Å². The van der Waals surface area contributed by atoms with Gasteiger partial charge in [0.15, 0.2) is 0 Å². The van der Waals surface area contributed by atoms with E-state index in [0.717, 1.165) is 25.7 Å². The molecule has 1 unspecified atom stereocenters. The van der Waals surface area contributed by atoms with Crippen molar-refractivity contribution in [2.24, 2.45) is 13.0 Å². The second kappa shape index (κ2) is 5.91. The molecule has 0 saturated carbocycles. The molecule has 1 rings (SSSR count). The Bertz CT molecular complexity index is 281. The number of nitrogens with zero attached hydrogens (tertiary/aromatic N) is 2. The average Bonchev–Trinajstić information content (AvgIpc) is 2.58. The van der Waals surface area contributed by atoms with Crippen molar-refractivity contribution in [3.8, 4) is 0 Å². The minimum absolute atomic E-state index is 0.140. The SMILES string of the molecule is CC(C)C(O)CCCCc1cnn(C)c1. The molecule has 0 aliphatic carbocycles. The van der Waals surface area contributed by atoms with E-state index in [4.69, 9.17) is 0 Å². The zero-order chi connectivity index (χ0) is 11.3. The van der Waals surface area contributed by atoms with Gasteiger partial charge >= 0.3 is 0 Å². The van der Waals surface area contributed by atoms with Crippen LogP contribution in [0.1, 0.15) is 38.7 Å².